The van der Waals surface area contributed by atoms with Gasteiger partial charge in [0.05, 0.1) is 11.5 Å². The molecule has 0 saturated heterocycles. The van der Waals surface area contributed by atoms with Gasteiger partial charge in [0.25, 0.3) is 0 Å². The van der Waals surface area contributed by atoms with Gasteiger partial charge in [0.2, 0.25) is 22.1 Å². The van der Waals surface area contributed by atoms with Crippen molar-refractivity contribution in [2.24, 2.45) is 0 Å². The van der Waals surface area contributed by atoms with E-state index in [1.807, 2.05) is 50.2 Å². The van der Waals surface area contributed by atoms with E-state index in [0.29, 0.717) is 18.9 Å². The van der Waals surface area contributed by atoms with Crippen LogP contribution in [0.2, 0.25) is 0 Å². The Labute approximate surface area is 223 Å². The van der Waals surface area contributed by atoms with Crippen LogP contribution in [0.4, 0.5) is 21.6 Å². The van der Waals surface area contributed by atoms with E-state index in [-0.39, 0.29) is 23.3 Å². The first-order valence-electron chi connectivity index (χ1n) is 10.5. The third kappa shape index (κ3) is 6.94. The predicted molar refractivity (Wildman–Crippen MR) is 149 cm³/mol. The third-order valence-corrected chi connectivity index (χ3v) is 8.60. The number of carbonyl (C=O) groups is 2. The van der Waals surface area contributed by atoms with Crippen LogP contribution in [-0.2, 0) is 9.59 Å². The summed E-state index contributed by atoms with van der Waals surface area (Å²) in [5, 5.41) is 21.9. The summed E-state index contributed by atoms with van der Waals surface area (Å²) in [6, 6.07) is 11.7. The van der Waals surface area contributed by atoms with Gasteiger partial charge in [0, 0.05) is 11.4 Å². The Balaban J connectivity index is 1.34. The SMILES string of the molecule is Cc1cc(-c2ccc(NC(=O)CSc3nnc(N)s3)c(C)c2)ccc1NC(=O)CSc1nnc(N)s1. The molecule has 2 amide bonds. The Hall–Kier alpha value is -3.20. The molecule has 0 aliphatic carbocycles. The maximum atomic E-state index is 12.3. The van der Waals surface area contributed by atoms with E-state index in [1.54, 1.807) is 0 Å². The first kappa shape index (κ1) is 25.9. The minimum atomic E-state index is -0.131. The highest BCUT2D eigenvalue weighted by molar-refractivity contribution is 8.02. The predicted octanol–water partition coefficient (Wildman–Crippen LogP) is 4.30. The number of nitrogen functional groups attached to an aromatic ring is 2. The van der Waals surface area contributed by atoms with Crippen LogP contribution in [0, 0.1) is 13.8 Å². The molecule has 186 valence electrons. The second-order valence-corrected chi connectivity index (χ2v) is 12.0. The van der Waals surface area contributed by atoms with Crippen LogP contribution in [0.1, 0.15) is 11.1 Å². The standard InChI is InChI=1S/C22H22N8O2S4/c1-11-7-13(3-5-15(11)25-17(31)9-33-21-29-27-19(23)35-21)14-4-6-16(12(2)8-14)26-18(32)10-34-22-30-28-20(24)36-22/h3-8H,9-10H2,1-2H3,(H2,23,27)(H2,24,28)(H,25,31)(H,26,32). The Bertz CT molecular complexity index is 1300. The fraction of sp³-hybridized carbons (Fsp3) is 0.182. The highest BCUT2D eigenvalue weighted by Gasteiger charge is 2.12. The molecule has 2 aromatic heterocycles. The van der Waals surface area contributed by atoms with Crippen molar-refractivity contribution < 1.29 is 9.59 Å². The topological polar surface area (TPSA) is 162 Å². The highest BCUT2D eigenvalue weighted by Crippen LogP contribution is 2.29. The number of anilines is 4. The van der Waals surface area contributed by atoms with Gasteiger partial charge >= 0.3 is 0 Å². The van der Waals surface area contributed by atoms with Gasteiger partial charge in [0.15, 0.2) is 8.68 Å². The molecule has 0 radical (unpaired) electrons. The number of nitrogens with two attached hydrogens (primary N) is 2. The van der Waals surface area contributed by atoms with Gasteiger partial charge in [-0.05, 0) is 60.4 Å². The highest BCUT2D eigenvalue weighted by atomic mass is 32.2. The summed E-state index contributed by atoms with van der Waals surface area (Å²) in [7, 11) is 0. The lowest BCUT2D eigenvalue weighted by molar-refractivity contribution is -0.114. The Morgan fingerprint density at radius 1 is 0.750 bits per heavy atom. The minimum Gasteiger partial charge on any atom is -0.374 e. The van der Waals surface area contributed by atoms with Crippen LogP contribution in [-0.4, -0.2) is 43.7 Å². The largest absolute Gasteiger partial charge is 0.374 e. The van der Waals surface area contributed by atoms with Crippen molar-refractivity contribution in [2.75, 3.05) is 33.6 Å². The number of aryl methyl sites for hydroxylation is 2. The fourth-order valence-electron chi connectivity index (χ4n) is 3.15. The van der Waals surface area contributed by atoms with Crippen molar-refractivity contribution in [1.29, 1.82) is 0 Å². The summed E-state index contributed by atoms with van der Waals surface area (Å²) in [6.07, 6.45) is 0. The molecule has 0 unspecified atom stereocenters. The van der Waals surface area contributed by atoms with Crippen molar-refractivity contribution in [2.45, 2.75) is 22.5 Å². The molecule has 0 fully saturated rings. The van der Waals surface area contributed by atoms with Crippen molar-refractivity contribution in [3.63, 3.8) is 0 Å². The molecule has 14 heteroatoms. The second kappa shape index (κ2) is 11.7. The van der Waals surface area contributed by atoms with Crippen LogP contribution >= 0.6 is 46.2 Å². The number of nitrogens with zero attached hydrogens (tertiary/aromatic N) is 4. The van der Waals surface area contributed by atoms with E-state index >= 15 is 0 Å². The van der Waals surface area contributed by atoms with Crippen molar-refractivity contribution in [1.82, 2.24) is 20.4 Å². The van der Waals surface area contributed by atoms with Crippen LogP contribution in [0.3, 0.4) is 0 Å². The molecule has 0 saturated carbocycles. The number of nitrogens with one attached hydrogen (secondary N) is 2. The zero-order chi connectivity index (χ0) is 25.7. The molecule has 2 heterocycles. The maximum absolute atomic E-state index is 12.3. The first-order chi connectivity index (χ1) is 17.3. The Morgan fingerprint density at radius 3 is 1.50 bits per heavy atom. The summed E-state index contributed by atoms with van der Waals surface area (Å²) >= 11 is 5.09. The lowest BCUT2D eigenvalue weighted by atomic mass is 10.00. The molecule has 2 aromatic carbocycles. The number of benzene rings is 2. The minimum absolute atomic E-state index is 0.131. The number of aromatic nitrogens is 4. The van der Waals surface area contributed by atoms with E-state index in [4.69, 9.17) is 11.5 Å². The molecule has 4 rings (SSSR count). The van der Waals surface area contributed by atoms with E-state index in [0.717, 1.165) is 33.6 Å². The van der Waals surface area contributed by atoms with E-state index in [1.165, 1.54) is 46.2 Å². The average molecular weight is 559 g/mol. The summed E-state index contributed by atoms with van der Waals surface area (Å²) in [5.74, 6) is 0.173. The molecule has 0 aliphatic heterocycles. The van der Waals surface area contributed by atoms with Crippen molar-refractivity contribution in [3.8, 4) is 11.1 Å². The van der Waals surface area contributed by atoms with Crippen LogP contribution in [0.5, 0.6) is 0 Å². The molecule has 10 nitrogen and oxygen atoms in total. The quantitative estimate of drug-likeness (QED) is 0.218. The van der Waals surface area contributed by atoms with Crippen molar-refractivity contribution >= 4 is 79.6 Å². The van der Waals surface area contributed by atoms with Gasteiger partial charge in [-0.3, -0.25) is 9.59 Å². The van der Waals surface area contributed by atoms with Gasteiger partial charge in [0.1, 0.15) is 0 Å². The molecule has 0 aliphatic rings. The molecule has 0 atom stereocenters. The number of hydrogen-bond donors (Lipinski definition) is 4. The normalized spacial score (nSPS) is 10.8. The molecular weight excluding hydrogens is 537 g/mol. The molecule has 4 aromatic rings. The number of amides is 2. The number of rotatable bonds is 9. The molecule has 36 heavy (non-hydrogen) atoms. The van der Waals surface area contributed by atoms with E-state index < -0.39 is 0 Å². The molecule has 6 N–H and O–H groups in total. The molecule has 0 spiro atoms. The fourth-order valence-corrected chi connectivity index (χ4v) is 6.02. The smallest absolute Gasteiger partial charge is 0.234 e. The van der Waals surface area contributed by atoms with Gasteiger partial charge in [-0.2, -0.15) is 0 Å². The summed E-state index contributed by atoms with van der Waals surface area (Å²) in [6.45, 7) is 3.89. The van der Waals surface area contributed by atoms with Crippen LogP contribution < -0.4 is 22.1 Å². The Morgan fingerprint density at radius 2 is 1.17 bits per heavy atom. The first-order valence-corrected chi connectivity index (χ1v) is 14.1. The zero-order valence-electron chi connectivity index (χ0n) is 19.3. The molecule has 0 bridgehead atoms. The number of carbonyl (C=O) groups excluding carboxylic acids is 2. The average Bonchev–Trinajstić information content (AvgIpc) is 3.46. The maximum Gasteiger partial charge on any atom is 0.234 e. The van der Waals surface area contributed by atoms with Gasteiger partial charge in [-0.15, -0.1) is 20.4 Å². The van der Waals surface area contributed by atoms with Gasteiger partial charge in [-0.25, -0.2) is 0 Å². The lowest BCUT2D eigenvalue weighted by Gasteiger charge is -2.13. The number of hydrogen-bond acceptors (Lipinski definition) is 12. The summed E-state index contributed by atoms with van der Waals surface area (Å²) < 4.78 is 1.32. The monoisotopic (exact) mass is 558 g/mol. The Kier molecular flexibility index (Phi) is 8.40. The number of thioether (sulfide) groups is 2. The van der Waals surface area contributed by atoms with Gasteiger partial charge < -0.3 is 22.1 Å². The second-order valence-electron chi connectivity index (χ2n) is 7.55. The van der Waals surface area contributed by atoms with Crippen LogP contribution in [0.25, 0.3) is 11.1 Å². The van der Waals surface area contributed by atoms with Crippen molar-refractivity contribution in [3.05, 3.63) is 47.5 Å². The van der Waals surface area contributed by atoms with Gasteiger partial charge in [-0.1, -0.05) is 58.3 Å². The third-order valence-electron chi connectivity index (χ3n) is 4.83. The van der Waals surface area contributed by atoms with Crippen LogP contribution in [0.15, 0.2) is 45.1 Å². The van der Waals surface area contributed by atoms with E-state index in [2.05, 4.69) is 31.0 Å². The summed E-state index contributed by atoms with van der Waals surface area (Å²) in [5.41, 5.74) is 16.5. The van der Waals surface area contributed by atoms with E-state index in [9.17, 15) is 9.59 Å². The molecular formula is C22H22N8O2S4. The lowest BCUT2D eigenvalue weighted by Crippen LogP contribution is -2.15. The zero-order valence-corrected chi connectivity index (χ0v) is 22.5. The summed E-state index contributed by atoms with van der Waals surface area (Å²) in [4.78, 5) is 24.7.